The number of imidazole rings is 1. The van der Waals surface area contributed by atoms with Gasteiger partial charge >= 0.3 is 0 Å². The molecule has 1 N–H and O–H groups in total. The first kappa shape index (κ1) is 16.8. The molecule has 1 unspecified atom stereocenters. The Morgan fingerprint density at radius 2 is 1.92 bits per heavy atom. The third-order valence-electron chi connectivity index (χ3n) is 4.37. The number of carbonyl (C=O) groups is 1. The summed E-state index contributed by atoms with van der Waals surface area (Å²) in [6.45, 7) is 0.455. The Kier molecular flexibility index (Phi) is 4.75. The van der Waals surface area contributed by atoms with Crippen molar-refractivity contribution in [2.45, 2.75) is 18.3 Å². The van der Waals surface area contributed by atoms with E-state index in [1.165, 1.54) is 12.1 Å². The number of hydrogen-bond acceptors (Lipinski definition) is 3. The lowest BCUT2D eigenvalue weighted by Gasteiger charge is -2.34. The molecular formula is C20H18FN3OS. The van der Waals surface area contributed by atoms with Gasteiger partial charge in [0.05, 0.1) is 11.9 Å². The van der Waals surface area contributed by atoms with E-state index >= 15 is 0 Å². The summed E-state index contributed by atoms with van der Waals surface area (Å²) < 4.78 is 13.1. The third kappa shape index (κ3) is 3.51. The van der Waals surface area contributed by atoms with Crippen LogP contribution in [0.4, 0.5) is 4.39 Å². The summed E-state index contributed by atoms with van der Waals surface area (Å²) in [5.41, 5.74) is 2.83. The molecule has 0 saturated carbocycles. The van der Waals surface area contributed by atoms with Crippen LogP contribution in [0, 0.1) is 5.82 Å². The maximum Gasteiger partial charge on any atom is 0.224 e. The molecule has 1 amide bonds. The maximum atomic E-state index is 13.1. The number of aromatic amines is 1. The fourth-order valence-electron chi connectivity index (χ4n) is 3.04. The Morgan fingerprint density at radius 1 is 1.15 bits per heavy atom. The van der Waals surface area contributed by atoms with Crippen LogP contribution in [0.2, 0.25) is 0 Å². The van der Waals surface area contributed by atoms with E-state index in [1.807, 2.05) is 35.2 Å². The predicted octanol–water partition coefficient (Wildman–Crippen LogP) is 4.38. The van der Waals surface area contributed by atoms with Crippen LogP contribution in [0.25, 0.3) is 11.4 Å². The molecule has 1 aromatic heterocycles. The molecule has 6 heteroatoms. The predicted molar refractivity (Wildman–Crippen MR) is 101 cm³/mol. The number of aromatic nitrogens is 2. The average Bonchev–Trinajstić information content (AvgIpc) is 3.16. The van der Waals surface area contributed by atoms with E-state index in [0.29, 0.717) is 13.0 Å². The second-order valence-electron chi connectivity index (χ2n) is 6.17. The van der Waals surface area contributed by atoms with Gasteiger partial charge in [-0.15, -0.1) is 11.8 Å². The first-order valence-electron chi connectivity index (χ1n) is 8.46. The van der Waals surface area contributed by atoms with Crippen molar-refractivity contribution in [3.05, 3.63) is 77.9 Å². The molecule has 26 heavy (non-hydrogen) atoms. The van der Waals surface area contributed by atoms with Crippen LogP contribution in [-0.4, -0.2) is 26.5 Å². The summed E-state index contributed by atoms with van der Waals surface area (Å²) in [6, 6.07) is 16.2. The fourth-order valence-corrected chi connectivity index (χ4v) is 4.23. The number of halogens is 1. The van der Waals surface area contributed by atoms with Crippen molar-refractivity contribution in [3.63, 3.8) is 0 Å². The second-order valence-corrected chi connectivity index (χ2v) is 7.36. The molecule has 3 aromatic rings. The monoisotopic (exact) mass is 367 g/mol. The lowest BCUT2D eigenvalue weighted by molar-refractivity contribution is -0.132. The molecule has 4 nitrogen and oxygen atoms in total. The molecule has 1 saturated heterocycles. The first-order valence-corrected chi connectivity index (χ1v) is 9.51. The van der Waals surface area contributed by atoms with Crippen LogP contribution in [0.1, 0.15) is 23.1 Å². The molecule has 1 fully saturated rings. The smallest absolute Gasteiger partial charge is 0.224 e. The van der Waals surface area contributed by atoms with E-state index in [2.05, 4.69) is 9.97 Å². The lowest BCUT2D eigenvalue weighted by atomic mass is 10.2. The van der Waals surface area contributed by atoms with Gasteiger partial charge in [-0.3, -0.25) is 4.79 Å². The van der Waals surface area contributed by atoms with E-state index in [9.17, 15) is 9.18 Å². The van der Waals surface area contributed by atoms with Crippen molar-refractivity contribution in [2.75, 3.05) is 5.75 Å². The third-order valence-corrected chi connectivity index (χ3v) is 5.63. The molecule has 0 spiro atoms. The molecule has 0 bridgehead atoms. The van der Waals surface area contributed by atoms with Crippen LogP contribution in [0.3, 0.4) is 0 Å². The van der Waals surface area contributed by atoms with Crippen molar-refractivity contribution in [1.29, 1.82) is 0 Å². The van der Waals surface area contributed by atoms with Crippen molar-refractivity contribution in [3.8, 4) is 11.4 Å². The van der Waals surface area contributed by atoms with E-state index in [-0.39, 0.29) is 17.1 Å². The summed E-state index contributed by atoms with van der Waals surface area (Å²) in [7, 11) is 0. The minimum atomic E-state index is -0.272. The molecule has 132 valence electrons. The van der Waals surface area contributed by atoms with Gasteiger partial charge in [0.1, 0.15) is 17.0 Å². The minimum absolute atomic E-state index is 0.105. The average molecular weight is 367 g/mol. The molecule has 2 aromatic carbocycles. The van der Waals surface area contributed by atoms with Gasteiger partial charge in [0.25, 0.3) is 0 Å². The van der Waals surface area contributed by atoms with Gasteiger partial charge in [0, 0.05) is 24.3 Å². The van der Waals surface area contributed by atoms with E-state index in [1.54, 1.807) is 30.1 Å². The molecule has 0 aliphatic carbocycles. The summed E-state index contributed by atoms with van der Waals surface area (Å²) in [4.78, 5) is 22.2. The summed E-state index contributed by atoms with van der Waals surface area (Å²) in [6.07, 6.45) is 2.32. The molecule has 0 radical (unpaired) electrons. The quantitative estimate of drug-likeness (QED) is 0.744. The van der Waals surface area contributed by atoms with Gasteiger partial charge < -0.3 is 9.88 Å². The van der Waals surface area contributed by atoms with Gasteiger partial charge in [-0.25, -0.2) is 9.37 Å². The molecule has 1 aliphatic rings. The number of nitrogens with one attached hydrogen (secondary N) is 1. The highest BCUT2D eigenvalue weighted by Crippen LogP contribution is 2.38. The zero-order chi connectivity index (χ0) is 17.9. The van der Waals surface area contributed by atoms with Crippen LogP contribution >= 0.6 is 11.8 Å². The Bertz CT molecular complexity index is 895. The summed E-state index contributed by atoms with van der Waals surface area (Å²) >= 11 is 1.72. The van der Waals surface area contributed by atoms with Crippen LogP contribution in [-0.2, 0) is 11.3 Å². The number of amides is 1. The highest BCUT2D eigenvalue weighted by Gasteiger charge is 2.31. The van der Waals surface area contributed by atoms with Crippen molar-refractivity contribution >= 4 is 17.7 Å². The molecule has 1 atom stereocenters. The number of H-pyrrole nitrogens is 1. The van der Waals surface area contributed by atoms with Crippen LogP contribution in [0.15, 0.2) is 60.8 Å². The number of thioether (sulfide) groups is 1. The zero-order valence-corrected chi connectivity index (χ0v) is 14.9. The zero-order valence-electron chi connectivity index (χ0n) is 14.1. The van der Waals surface area contributed by atoms with Gasteiger partial charge in [-0.1, -0.05) is 42.5 Å². The van der Waals surface area contributed by atoms with Gasteiger partial charge in [0.2, 0.25) is 5.91 Å². The van der Waals surface area contributed by atoms with Crippen LogP contribution in [0.5, 0.6) is 0 Å². The van der Waals surface area contributed by atoms with E-state index in [4.69, 9.17) is 0 Å². The molecule has 2 heterocycles. The molecule has 4 rings (SSSR count). The van der Waals surface area contributed by atoms with Gasteiger partial charge in [0.15, 0.2) is 0 Å². The van der Waals surface area contributed by atoms with Crippen molar-refractivity contribution < 1.29 is 9.18 Å². The molecular weight excluding hydrogens is 349 g/mol. The summed E-state index contributed by atoms with van der Waals surface area (Å²) in [5.74, 6) is 1.41. The Hall–Kier alpha value is -2.60. The highest BCUT2D eigenvalue weighted by atomic mass is 32.2. The summed E-state index contributed by atoms with van der Waals surface area (Å²) in [5, 5.41) is -0.119. The van der Waals surface area contributed by atoms with Crippen LogP contribution < -0.4 is 0 Å². The Labute approximate surface area is 155 Å². The topological polar surface area (TPSA) is 49.0 Å². The number of nitrogens with zero attached hydrogens (tertiary/aromatic N) is 2. The number of carbonyl (C=O) groups excluding carboxylic acids is 1. The van der Waals surface area contributed by atoms with Gasteiger partial charge in [-0.05, 0) is 17.7 Å². The Balaban J connectivity index is 1.60. The van der Waals surface area contributed by atoms with Crippen molar-refractivity contribution in [2.24, 2.45) is 0 Å². The number of rotatable bonds is 4. The maximum absolute atomic E-state index is 13.1. The Morgan fingerprint density at radius 3 is 2.69 bits per heavy atom. The van der Waals surface area contributed by atoms with Gasteiger partial charge in [-0.2, -0.15) is 0 Å². The largest absolute Gasteiger partial charge is 0.339 e. The number of benzene rings is 2. The normalized spacial score (nSPS) is 17.5. The fraction of sp³-hybridized carbons (Fsp3) is 0.200. The minimum Gasteiger partial charge on any atom is -0.339 e. The highest BCUT2D eigenvalue weighted by molar-refractivity contribution is 7.99. The standard InChI is InChI=1S/C20H18FN3OS/c21-16-8-6-14(7-9-16)13-24-18(25)10-11-26-20(24)17-12-22-19(23-17)15-4-2-1-3-5-15/h1-9,12,20H,10-11,13H2,(H,22,23). The van der Waals surface area contributed by atoms with Crippen molar-refractivity contribution in [1.82, 2.24) is 14.9 Å². The molecule has 1 aliphatic heterocycles. The lowest BCUT2D eigenvalue weighted by Crippen LogP contribution is -2.36. The van der Waals surface area contributed by atoms with E-state index < -0.39 is 0 Å². The van der Waals surface area contributed by atoms with E-state index in [0.717, 1.165) is 28.4 Å². The first-order chi connectivity index (χ1) is 12.7. The second kappa shape index (κ2) is 7.33. The number of hydrogen-bond donors (Lipinski definition) is 1. The SMILES string of the molecule is O=C1CCSC(c2cnc(-c3ccccc3)[nH]2)N1Cc1ccc(F)cc1.